The monoisotopic (exact) mass is 274 g/mol. The zero-order valence-electron chi connectivity index (χ0n) is 10.7. The molecule has 1 amide bonds. The van der Waals surface area contributed by atoms with E-state index in [4.69, 9.17) is 5.73 Å². The molecule has 0 fully saturated rings. The van der Waals surface area contributed by atoms with Gasteiger partial charge in [-0.05, 0) is 13.8 Å². The molecule has 1 heterocycles. The van der Waals surface area contributed by atoms with Gasteiger partial charge >= 0.3 is 0 Å². The molecule has 7 nitrogen and oxygen atoms in total. The van der Waals surface area contributed by atoms with E-state index < -0.39 is 14.6 Å². The van der Waals surface area contributed by atoms with Crippen LogP contribution in [0.15, 0.2) is 12.4 Å². The molecule has 0 unspecified atom stereocenters. The Kier molecular flexibility index (Phi) is 4.00. The molecule has 102 valence electrons. The van der Waals surface area contributed by atoms with Gasteiger partial charge in [0.05, 0.1) is 16.6 Å². The highest BCUT2D eigenvalue weighted by atomic mass is 32.2. The molecule has 1 aromatic heterocycles. The summed E-state index contributed by atoms with van der Waals surface area (Å²) in [4.78, 5) is 11.6. The maximum Gasteiger partial charge on any atom is 0.241 e. The molecule has 18 heavy (non-hydrogen) atoms. The van der Waals surface area contributed by atoms with Crippen molar-refractivity contribution in [3.63, 3.8) is 0 Å². The van der Waals surface area contributed by atoms with Crippen LogP contribution in [0.5, 0.6) is 0 Å². The van der Waals surface area contributed by atoms with E-state index in [0.29, 0.717) is 5.69 Å². The lowest BCUT2D eigenvalue weighted by Gasteiger charge is -2.22. The molecule has 0 aliphatic rings. The van der Waals surface area contributed by atoms with E-state index in [1.165, 1.54) is 17.1 Å². The highest BCUT2D eigenvalue weighted by molar-refractivity contribution is 7.92. The van der Waals surface area contributed by atoms with E-state index in [9.17, 15) is 13.2 Å². The number of nitrogens with two attached hydrogens (primary N) is 1. The normalized spacial score (nSPS) is 12.4. The minimum Gasteiger partial charge on any atom is -0.396 e. The van der Waals surface area contributed by atoms with E-state index in [2.05, 4.69) is 10.4 Å². The Hall–Kier alpha value is -1.57. The topological polar surface area (TPSA) is 107 Å². The molecule has 0 saturated carbocycles. The number of nitrogen functional groups attached to an aromatic ring is 1. The Labute approximate surface area is 106 Å². The predicted molar refractivity (Wildman–Crippen MR) is 68.6 cm³/mol. The summed E-state index contributed by atoms with van der Waals surface area (Å²) in [5, 5.41) is 6.43. The molecule has 1 rings (SSSR count). The summed E-state index contributed by atoms with van der Waals surface area (Å²) in [6.07, 6.45) is 4.11. The molecule has 3 N–H and O–H groups in total. The summed E-state index contributed by atoms with van der Waals surface area (Å²) in [5.74, 6) is -0.310. The van der Waals surface area contributed by atoms with E-state index in [-0.39, 0.29) is 19.0 Å². The van der Waals surface area contributed by atoms with Gasteiger partial charge in [0, 0.05) is 19.0 Å². The van der Waals surface area contributed by atoms with Crippen LogP contribution in [0, 0.1) is 0 Å². The van der Waals surface area contributed by atoms with Crippen molar-refractivity contribution in [3.05, 3.63) is 12.4 Å². The van der Waals surface area contributed by atoms with Crippen LogP contribution in [-0.4, -0.2) is 41.7 Å². The largest absolute Gasteiger partial charge is 0.396 e. The fourth-order valence-corrected chi connectivity index (χ4v) is 1.45. The Balaban J connectivity index is 2.52. The van der Waals surface area contributed by atoms with Gasteiger partial charge in [-0.3, -0.25) is 9.48 Å². The Bertz CT molecular complexity index is 533. The standard InChI is InChI=1S/C10H18N4O3S/c1-10(2,18(3,16)17)7-12-9(15)6-14-5-8(11)4-13-14/h4-5H,6-7,11H2,1-3H3,(H,12,15). The molecular formula is C10H18N4O3S. The number of anilines is 1. The molecule has 0 saturated heterocycles. The smallest absolute Gasteiger partial charge is 0.241 e. The van der Waals surface area contributed by atoms with Crippen molar-refractivity contribution in [2.75, 3.05) is 18.5 Å². The minimum absolute atomic E-state index is 0.0110. The summed E-state index contributed by atoms with van der Waals surface area (Å²) in [6, 6.07) is 0. The average Bonchev–Trinajstić information content (AvgIpc) is 2.59. The van der Waals surface area contributed by atoms with Crippen LogP contribution < -0.4 is 11.1 Å². The molecule has 0 spiro atoms. The first-order valence-electron chi connectivity index (χ1n) is 5.36. The minimum atomic E-state index is -3.22. The molecule has 0 aliphatic carbocycles. The lowest BCUT2D eigenvalue weighted by molar-refractivity contribution is -0.121. The van der Waals surface area contributed by atoms with Crippen LogP contribution in [-0.2, 0) is 21.2 Å². The third-order valence-electron chi connectivity index (χ3n) is 2.67. The Morgan fingerprint density at radius 1 is 1.56 bits per heavy atom. The lowest BCUT2D eigenvalue weighted by atomic mass is 10.2. The number of nitrogens with zero attached hydrogens (tertiary/aromatic N) is 2. The molecule has 1 aromatic rings. The van der Waals surface area contributed by atoms with Gasteiger partial charge in [-0.2, -0.15) is 5.10 Å². The van der Waals surface area contributed by atoms with Gasteiger partial charge in [-0.1, -0.05) is 0 Å². The van der Waals surface area contributed by atoms with Crippen LogP contribution in [0.25, 0.3) is 0 Å². The third-order valence-corrected chi connectivity index (χ3v) is 4.83. The first-order valence-corrected chi connectivity index (χ1v) is 7.25. The van der Waals surface area contributed by atoms with Crippen LogP contribution in [0.3, 0.4) is 0 Å². The molecule has 0 aromatic carbocycles. The SMILES string of the molecule is CC(C)(CNC(=O)Cn1cc(N)cn1)S(C)(=O)=O. The zero-order chi connectivity index (χ0) is 14.0. The molecule has 0 bridgehead atoms. The number of rotatable bonds is 5. The number of sulfone groups is 1. The summed E-state index contributed by atoms with van der Waals surface area (Å²) in [6.45, 7) is 3.20. The van der Waals surface area contributed by atoms with Crippen molar-refractivity contribution in [1.82, 2.24) is 15.1 Å². The Morgan fingerprint density at radius 3 is 2.61 bits per heavy atom. The molecule has 0 aliphatic heterocycles. The summed E-state index contributed by atoms with van der Waals surface area (Å²) in [5.41, 5.74) is 5.93. The second kappa shape index (κ2) is 4.97. The Morgan fingerprint density at radius 2 is 2.17 bits per heavy atom. The van der Waals surface area contributed by atoms with Gasteiger partial charge in [-0.25, -0.2) is 8.42 Å². The van der Waals surface area contributed by atoms with E-state index in [1.807, 2.05) is 0 Å². The second-order valence-corrected chi connectivity index (χ2v) is 7.43. The number of carbonyl (C=O) groups is 1. The maximum absolute atomic E-state index is 11.6. The third kappa shape index (κ3) is 3.73. The number of aromatic nitrogens is 2. The van der Waals surface area contributed by atoms with Gasteiger partial charge < -0.3 is 11.1 Å². The first-order chi connectivity index (χ1) is 8.12. The van der Waals surface area contributed by atoms with Gasteiger partial charge in [0.2, 0.25) is 5.91 Å². The van der Waals surface area contributed by atoms with Crippen LogP contribution >= 0.6 is 0 Å². The maximum atomic E-state index is 11.6. The van der Waals surface area contributed by atoms with Gasteiger partial charge in [0.15, 0.2) is 9.84 Å². The summed E-state index contributed by atoms with van der Waals surface area (Å²) in [7, 11) is -3.22. The van der Waals surface area contributed by atoms with Crippen molar-refractivity contribution in [2.24, 2.45) is 0 Å². The highest BCUT2D eigenvalue weighted by Crippen LogP contribution is 2.13. The predicted octanol–water partition coefficient (Wildman–Crippen LogP) is -0.595. The second-order valence-electron chi connectivity index (χ2n) is 4.78. The van der Waals surface area contributed by atoms with Crippen molar-refractivity contribution in [2.45, 2.75) is 25.1 Å². The highest BCUT2D eigenvalue weighted by Gasteiger charge is 2.30. The van der Waals surface area contributed by atoms with E-state index in [0.717, 1.165) is 6.26 Å². The molecular weight excluding hydrogens is 256 g/mol. The fraction of sp³-hybridized carbons (Fsp3) is 0.600. The lowest BCUT2D eigenvalue weighted by Crippen LogP contribution is -2.44. The fourth-order valence-electron chi connectivity index (χ4n) is 1.11. The van der Waals surface area contributed by atoms with Crippen molar-refractivity contribution >= 4 is 21.4 Å². The van der Waals surface area contributed by atoms with Crippen LogP contribution in [0.4, 0.5) is 5.69 Å². The number of hydrogen-bond donors (Lipinski definition) is 2. The van der Waals surface area contributed by atoms with Crippen LogP contribution in [0.2, 0.25) is 0 Å². The number of hydrogen-bond acceptors (Lipinski definition) is 5. The van der Waals surface area contributed by atoms with Crippen molar-refractivity contribution < 1.29 is 13.2 Å². The van der Waals surface area contributed by atoms with Gasteiger partial charge in [0.25, 0.3) is 0 Å². The van der Waals surface area contributed by atoms with Crippen LogP contribution in [0.1, 0.15) is 13.8 Å². The summed E-state index contributed by atoms with van der Waals surface area (Å²) >= 11 is 0. The number of nitrogens with one attached hydrogen (secondary N) is 1. The summed E-state index contributed by atoms with van der Waals surface area (Å²) < 4.78 is 23.3. The number of amides is 1. The van der Waals surface area contributed by atoms with Gasteiger partial charge in [0.1, 0.15) is 6.54 Å². The zero-order valence-corrected chi connectivity index (χ0v) is 11.5. The average molecular weight is 274 g/mol. The first kappa shape index (κ1) is 14.5. The quantitative estimate of drug-likeness (QED) is 0.746. The number of carbonyl (C=O) groups excluding carboxylic acids is 1. The van der Waals surface area contributed by atoms with Crippen molar-refractivity contribution in [1.29, 1.82) is 0 Å². The molecule has 8 heteroatoms. The molecule has 0 atom stereocenters. The van der Waals surface area contributed by atoms with Gasteiger partial charge in [-0.15, -0.1) is 0 Å². The van der Waals surface area contributed by atoms with Crippen molar-refractivity contribution in [3.8, 4) is 0 Å². The van der Waals surface area contributed by atoms with E-state index >= 15 is 0 Å². The van der Waals surface area contributed by atoms with E-state index in [1.54, 1.807) is 13.8 Å². The molecule has 0 radical (unpaired) electrons.